The molecule has 3 N–H and O–H groups in total. The Morgan fingerprint density at radius 1 is 1.13 bits per heavy atom. The average Bonchev–Trinajstić information content (AvgIpc) is 3.40. The Balaban J connectivity index is 1.26. The second kappa shape index (κ2) is 8.91. The topological polar surface area (TPSA) is 104 Å². The number of ether oxygens (including phenoxy) is 1. The Morgan fingerprint density at radius 3 is 2.77 bits per heavy atom. The van der Waals surface area contributed by atoms with E-state index in [2.05, 4.69) is 15.6 Å². The summed E-state index contributed by atoms with van der Waals surface area (Å²) in [5.74, 6) is -0.264. The van der Waals surface area contributed by atoms with Gasteiger partial charge in [-0.15, -0.1) is 0 Å². The van der Waals surface area contributed by atoms with Crippen LogP contribution >= 0.6 is 0 Å². The number of H-pyrrole nitrogens is 1. The number of amides is 3. The van der Waals surface area contributed by atoms with Crippen LogP contribution in [0.1, 0.15) is 16.8 Å². The summed E-state index contributed by atoms with van der Waals surface area (Å²) in [5.41, 5.74) is 2.18. The Labute approximate surface area is 179 Å². The summed E-state index contributed by atoms with van der Waals surface area (Å²) in [6.45, 7) is 0.903. The van der Waals surface area contributed by atoms with Crippen molar-refractivity contribution in [3.63, 3.8) is 0 Å². The molecule has 1 aromatic heterocycles. The Bertz CT molecular complexity index is 1120. The summed E-state index contributed by atoms with van der Waals surface area (Å²) in [6.07, 6.45) is 1.83. The van der Waals surface area contributed by atoms with Crippen molar-refractivity contribution in [1.82, 2.24) is 15.6 Å². The number of hydrogen-bond donors (Lipinski definition) is 3. The Morgan fingerprint density at radius 2 is 1.94 bits per heavy atom. The van der Waals surface area contributed by atoms with E-state index in [-0.39, 0.29) is 30.7 Å². The van der Waals surface area contributed by atoms with Gasteiger partial charge in [0.1, 0.15) is 5.75 Å². The van der Waals surface area contributed by atoms with E-state index >= 15 is 0 Å². The quantitative estimate of drug-likeness (QED) is 0.509. The van der Waals surface area contributed by atoms with Gasteiger partial charge in [0.2, 0.25) is 11.8 Å². The largest absolute Gasteiger partial charge is 0.497 e. The Hall–Kier alpha value is -3.81. The number of benzene rings is 2. The number of anilines is 1. The SMILES string of the molecule is COc1cccc(N2C[C@H](C(=O)NCCNC(=O)c3c[nH]c4ccccc34)CC2=O)c1. The zero-order valence-corrected chi connectivity index (χ0v) is 17.2. The highest BCUT2D eigenvalue weighted by molar-refractivity contribution is 6.06. The first-order chi connectivity index (χ1) is 15.1. The summed E-state index contributed by atoms with van der Waals surface area (Å²) in [7, 11) is 1.57. The number of aromatic amines is 1. The first-order valence-electron chi connectivity index (χ1n) is 10.1. The molecule has 0 spiro atoms. The molecular weight excluding hydrogens is 396 g/mol. The van der Waals surface area contributed by atoms with E-state index in [0.717, 1.165) is 10.9 Å². The summed E-state index contributed by atoms with van der Waals surface area (Å²) in [4.78, 5) is 42.0. The van der Waals surface area contributed by atoms with Gasteiger partial charge in [0.15, 0.2) is 0 Å². The van der Waals surface area contributed by atoms with Crippen LogP contribution in [-0.2, 0) is 9.59 Å². The molecule has 0 saturated carbocycles. The molecule has 2 heterocycles. The fraction of sp³-hybridized carbons (Fsp3) is 0.261. The van der Waals surface area contributed by atoms with Gasteiger partial charge in [-0.05, 0) is 18.2 Å². The Kier molecular flexibility index (Phi) is 5.88. The molecule has 8 heteroatoms. The first kappa shape index (κ1) is 20.5. The molecule has 160 valence electrons. The maximum atomic E-state index is 12.5. The molecule has 2 aromatic carbocycles. The minimum absolute atomic E-state index is 0.0963. The van der Waals surface area contributed by atoms with Crippen LogP contribution in [-0.4, -0.2) is 49.4 Å². The minimum atomic E-state index is -0.428. The molecule has 3 aromatic rings. The monoisotopic (exact) mass is 420 g/mol. The van der Waals surface area contributed by atoms with Crippen LogP contribution in [0.5, 0.6) is 5.75 Å². The van der Waals surface area contributed by atoms with E-state index in [4.69, 9.17) is 4.74 Å². The van der Waals surface area contributed by atoms with Crippen molar-refractivity contribution < 1.29 is 19.1 Å². The molecule has 1 atom stereocenters. The lowest BCUT2D eigenvalue weighted by molar-refractivity contribution is -0.126. The summed E-state index contributed by atoms with van der Waals surface area (Å²) >= 11 is 0. The van der Waals surface area contributed by atoms with Gasteiger partial charge < -0.3 is 25.3 Å². The lowest BCUT2D eigenvalue weighted by Crippen LogP contribution is -2.38. The van der Waals surface area contributed by atoms with Crippen LogP contribution in [0.15, 0.2) is 54.7 Å². The predicted octanol–water partition coefficient (Wildman–Crippen LogP) is 2.08. The third-order valence-electron chi connectivity index (χ3n) is 5.40. The molecule has 4 rings (SSSR count). The molecule has 8 nitrogen and oxygen atoms in total. The number of para-hydroxylation sites is 1. The van der Waals surface area contributed by atoms with Gasteiger partial charge in [-0.3, -0.25) is 14.4 Å². The normalized spacial score (nSPS) is 15.8. The van der Waals surface area contributed by atoms with Crippen molar-refractivity contribution in [3.8, 4) is 5.75 Å². The van der Waals surface area contributed by atoms with E-state index < -0.39 is 5.92 Å². The zero-order chi connectivity index (χ0) is 21.8. The number of aromatic nitrogens is 1. The van der Waals surface area contributed by atoms with E-state index in [9.17, 15) is 14.4 Å². The molecule has 0 bridgehead atoms. The number of carbonyl (C=O) groups is 3. The predicted molar refractivity (Wildman–Crippen MR) is 117 cm³/mol. The highest BCUT2D eigenvalue weighted by Gasteiger charge is 2.35. The molecule has 1 aliphatic heterocycles. The van der Waals surface area contributed by atoms with Crippen LogP contribution in [0.25, 0.3) is 10.9 Å². The van der Waals surface area contributed by atoms with Crippen LogP contribution in [0.3, 0.4) is 0 Å². The number of carbonyl (C=O) groups excluding carboxylic acids is 3. The average molecular weight is 420 g/mol. The van der Waals surface area contributed by atoms with Crippen molar-refractivity contribution in [1.29, 1.82) is 0 Å². The van der Waals surface area contributed by atoms with Crippen LogP contribution in [0.2, 0.25) is 0 Å². The number of nitrogens with zero attached hydrogens (tertiary/aromatic N) is 1. The van der Waals surface area contributed by atoms with Gasteiger partial charge in [0.05, 0.1) is 18.6 Å². The van der Waals surface area contributed by atoms with E-state index in [1.54, 1.807) is 30.3 Å². The second-order valence-electron chi connectivity index (χ2n) is 7.40. The van der Waals surface area contributed by atoms with Crippen LogP contribution in [0, 0.1) is 5.92 Å². The van der Waals surface area contributed by atoms with Gasteiger partial charge in [0.25, 0.3) is 5.91 Å². The van der Waals surface area contributed by atoms with Gasteiger partial charge in [-0.25, -0.2) is 0 Å². The van der Waals surface area contributed by atoms with Crippen LogP contribution < -0.4 is 20.3 Å². The highest BCUT2D eigenvalue weighted by atomic mass is 16.5. The number of nitrogens with one attached hydrogen (secondary N) is 3. The molecule has 0 unspecified atom stereocenters. The number of fused-ring (bicyclic) bond motifs is 1. The van der Waals surface area contributed by atoms with Crippen LogP contribution in [0.4, 0.5) is 5.69 Å². The van der Waals surface area contributed by atoms with E-state index in [0.29, 0.717) is 30.1 Å². The number of rotatable bonds is 7. The molecule has 3 amide bonds. The minimum Gasteiger partial charge on any atom is -0.497 e. The fourth-order valence-corrected chi connectivity index (χ4v) is 3.77. The molecule has 0 radical (unpaired) electrons. The zero-order valence-electron chi connectivity index (χ0n) is 17.2. The van der Waals surface area contributed by atoms with Gasteiger partial charge in [-0.2, -0.15) is 0 Å². The van der Waals surface area contributed by atoms with Crippen molar-refractivity contribution in [2.75, 3.05) is 31.6 Å². The lowest BCUT2D eigenvalue weighted by Gasteiger charge is -2.17. The van der Waals surface area contributed by atoms with E-state index in [1.807, 2.05) is 36.4 Å². The highest BCUT2D eigenvalue weighted by Crippen LogP contribution is 2.28. The second-order valence-corrected chi connectivity index (χ2v) is 7.40. The summed E-state index contributed by atoms with van der Waals surface area (Å²) in [6, 6.07) is 14.8. The summed E-state index contributed by atoms with van der Waals surface area (Å²) in [5, 5.41) is 6.48. The standard InChI is InChI=1S/C23H24N4O4/c1-31-17-6-4-5-16(12-17)27-14-15(11-21(27)28)22(29)24-9-10-25-23(30)19-13-26-20-8-3-2-7-18(19)20/h2-8,12-13,15,26H,9-11,14H2,1H3,(H,24,29)(H,25,30)/t15-/m1/s1. The maximum Gasteiger partial charge on any atom is 0.253 e. The first-order valence-corrected chi connectivity index (χ1v) is 10.1. The molecule has 0 aliphatic carbocycles. The molecule has 1 fully saturated rings. The third kappa shape index (κ3) is 4.37. The molecule has 1 saturated heterocycles. The third-order valence-corrected chi connectivity index (χ3v) is 5.40. The lowest BCUT2D eigenvalue weighted by atomic mass is 10.1. The van der Waals surface area contributed by atoms with Crippen molar-refractivity contribution in [2.45, 2.75) is 6.42 Å². The maximum absolute atomic E-state index is 12.5. The molecular formula is C23H24N4O4. The van der Waals surface area contributed by atoms with Crippen molar-refractivity contribution in [2.24, 2.45) is 5.92 Å². The molecule has 31 heavy (non-hydrogen) atoms. The number of hydrogen-bond acceptors (Lipinski definition) is 4. The fourth-order valence-electron chi connectivity index (χ4n) is 3.77. The van der Waals surface area contributed by atoms with Gasteiger partial charge in [-0.1, -0.05) is 24.3 Å². The molecule has 1 aliphatic rings. The van der Waals surface area contributed by atoms with Gasteiger partial charge >= 0.3 is 0 Å². The van der Waals surface area contributed by atoms with Crippen molar-refractivity contribution >= 4 is 34.3 Å². The van der Waals surface area contributed by atoms with Crippen molar-refractivity contribution in [3.05, 3.63) is 60.3 Å². The van der Waals surface area contributed by atoms with E-state index in [1.165, 1.54) is 0 Å². The smallest absolute Gasteiger partial charge is 0.253 e. The summed E-state index contributed by atoms with van der Waals surface area (Å²) < 4.78 is 5.21. The van der Waals surface area contributed by atoms with Gasteiger partial charge in [0, 0.05) is 54.9 Å². The number of methoxy groups -OCH3 is 1.